The number of nitrogens with one attached hydrogen (secondary N) is 1. The maximum Gasteiger partial charge on any atom is 0.353 e. The summed E-state index contributed by atoms with van der Waals surface area (Å²) in [6.07, 6.45) is 5.33. The Kier molecular flexibility index (Phi) is 7.42. The molecule has 14 heteroatoms. The van der Waals surface area contributed by atoms with E-state index in [0.29, 0.717) is 31.0 Å². The molecule has 0 unspecified atom stereocenters. The molecule has 216 valence electrons. The van der Waals surface area contributed by atoms with E-state index in [1.807, 2.05) is 18.7 Å². The van der Waals surface area contributed by atoms with E-state index in [0.717, 1.165) is 19.3 Å². The second-order valence-corrected chi connectivity index (χ2v) is 13.0. The van der Waals surface area contributed by atoms with Crippen molar-refractivity contribution in [2.75, 3.05) is 19.7 Å². The molecule has 1 aromatic rings. The first-order chi connectivity index (χ1) is 19.2. The molecule has 0 radical (unpaired) electrons. The topological polar surface area (TPSA) is 160 Å². The number of fused-ring (bicyclic) bond motifs is 2. The van der Waals surface area contributed by atoms with Gasteiger partial charge in [-0.25, -0.2) is 9.48 Å². The molecule has 0 spiro atoms. The Bertz CT molecular complexity index is 1220. The third-order valence-corrected chi connectivity index (χ3v) is 10.6. The third kappa shape index (κ3) is 4.73. The minimum Gasteiger partial charge on any atom is -0.477 e. The molecule has 13 nitrogen and oxygen atoms in total. The summed E-state index contributed by atoms with van der Waals surface area (Å²) in [7, 11) is 0. The summed E-state index contributed by atoms with van der Waals surface area (Å²) in [5.74, 6) is -2.21. The number of ether oxygens (including phenoxy) is 1. The van der Waals surface area contributed by atoms with Crippen LogP contribution in [0.3, 0.4) is 0 Å². The lowest BCUT2D eigenvalue weighted by molar-refractivity contribution is -0.160. The molecule has 3 saturated heterocycles. The van der Waals surface area contributed by atoms with Crippen molar-refractivity contribution < 1.29 is 29.0 Å². The van der Waals surface area contributed by atoms with Crippen molar-refractivity contribution in [3.8, 4) is 0 Å². The summed E-state index contributed by atoms with van der Waals surface area (Å²) in [6, 6.07) is -0.449. The highest BCUT2D eigenvalue weighted by atomic mass is 32.2. The van der Waals surface area contributed by atoms with Crippen molar-refractivity contribution in [1.82, 2.24) is 35.3 Å². The van der Waals surface area contributed by atoms with Gasteiger partial charge in [-0.2, -0.15) is 0 Å². The van der Waals surface area contributed by atoms with E-state index in [2.05, 4.69) is 20.8 Å². The number of nitrogens with zero attached hydrogens (tertiary/aromatic N) is 6. The van der Waals surface area contributed by atoms with Gasteiger partial charge in [-0.1, -0.05) is 13.8 Å². The molecular formula is C26H35N7O6S. The molecule has 5 heterocycles. The molecular weight excluding hydrogens is 538 g/mol. The van der Waals surface area contributed by atoms with Crippen LogP contribution in [0, 0.1) is 17.8 Å². The van der Waals surface area contributed by atoms with Crippen LogP contribution in [0.1, 0.15) is 46.0 Å². The van der Waals surface area contributed by atoms with Crippen LogP contribution in [0.5, 0.6) is 0 Å². The average molecular weight is 574 g/mol. The number of thioether (sulfide) groups is 1. The van der Waals surface area contributed by atoms with Gasteiger partial charge in [0.1, 0.15) is 18.6 Å². The quantitative estimate of drug-likeness (QED) is 0.391. The number of amides is 2. The maximum atomic E-state index is 13.4. The zero-order valence-corrected chi connectivity index (χ0v) is 23.5. The lowest BCUT2D eigenvalue weighted by atomic mass is 9.73. The zero-order chi connectivity index (χ0) is 28.1. The second kappa shape index (κ2) is 10.9. The number of carbonyl (C=O) groups is 4. The Morgan fingerprint density at radius 3 is 2.88 bits per heavy atom. The van der Waals surface area contributed by atoms with Crippen LogP contribution in [0.15, 0.2) is 16.9 Å². The Balaban J connectivity index is 1.10. The van der Waals surface area contributed by atoms with Crippen molar-refractivity contribution in [1.29, 1.82) is 0 Å². The van der Waals surface area contributed by atoms with Crippen LogP contribution in [0.25, 0.3) is 0 Å². The number of rotatable bonds is 9. The van der Waals surface area contributed by atoms with Gasteiger partial charge in [-0.3, -0.25) is 14.4 Å². The van der Waals surface area contributed by atoms with Crippen molar-refractivity contribution in [2.24, 2.45) is 17.8 Å². The lowest BCUT2D eigenvalue weighted by Crippen LogP contribution is -2.62. The number of aliphatic carboxylic acids is 1. The summed E-state index contributed by atoms with van der Waals surface area (Å²) in [5, 5.41) is 24.3. The van der Waals surface area contributed by atoms with Crippen molar-refractivity contribution in [2.45, 2.75) is 82.0 Å². The summed E-state index contributed by atoms with van der Waals surface area (Å²) in [5.41, 5.74) is 0.0488. The van der Waals surface area contributed by atoms with Crippen LogP contribution in [-0.2, 0) is 30.5 Å². The van der Waals surface area contributed by atoms with E-state index >= 15 is 0 Å². The number of hydrogen-bond acceptors (Lipinski definition) is 10. The first-order valence-corrected chi connectivity index (χ1v) is 15.0. The van der Waals surface area contributed by atoms with Crippen molar-refractivity contribution in [3.63, 3.8) is 0 Å². The molecule has 4 fully saturated rings. The van der Waals surface area contributed by atoms with Gasteiger partial charge in [0.25, 0.3) is 0 Å². The van der Waals surface area contributed by atoms with E-state index in [-0.39, 0.29) is 77.6 Å². The number of aromatic nitrogens is 4. The van der Waals surface area contributed by atoms with Gasteiger partial charge >= 0.3 is 5.97 Å². The van der Waals surface area contributed by atoms with Crippen LogP contribution in [-0.4, -0.2) is 108 Å². The summed E-state index contributed by atoms with van der Waals surface area (Å²) < 4.78 is 7.21. The third-order valence-electron chi connectivity index (χ3n) is 9.13. The fourth-order valence-corrected chi connectivity index (χ4v) is 8.79. The number of carboxylic acid groups (broad SMARTS) is 1. The van der Waals surface area contributed by atoms with Gasteiger partial charge in [0, 0.05) is 35.6 Å². The highest BCUT2D eigenvalue weighted by Gasteiger charge is 2.60. The second-order valence-electron chi connectivity index (χ2n) is 11.6. The fourth-order valence-electron chi connectivity index (χ4n) is 7.31. The van der Waals surface area contributed by atoms with Gasteiger partial charge in [0.05, 0.1) is 36.8 Å². The number of tetrazole rings is 1. The lowest BCUT2D eigenvalue weighted by Gasteiger charge is -2.47. The highest BCUT2D eigenvalue weighted by Crippen LogP contribution is 2.53. The molecule has 5 aliphatic rings. The van der Waals surface area contributed by atoms with Gasteiger partial charge in [-0.15, -0.1) is 16.9 Å². The number of β-lactam (4-membered cyclic amide) rings is 1. The summed E-state index contributed by atoms with van der Waals surface area (Å²) in [6.45, 7) is 5.63. The number of hydrogen-bond donors (Lipinski definition) is 2. The smallest absolute Gasteiger partial charge is 0.353 e. The molecule has 1 aliphatic carbocycles. The molecule has 8 atom stereocenters. The molecule has 2 N–H and O–H groups in total. The Morgan fingerprint density at radius 1 is 1.30 bits per heavy atom. The normalized spacial score (nSPS) is 34.0. The van der Waals surface area contributed by atoms with Crippen LogP contribution in [0.4, 0.5) is 0 Å². The van der Waals surface area contributed by atoms with Crippen molar-refractivity contribution >= 4 is 35.3 Å². The predicted molar refractivity (Wildman–Crippen MR) is 141 cm³/mol. The predicted octanol–water partition coefficient (Wildman–Crippen LogP) is 0.285. The number of Topliss-reactive ketones (excluding diaryl/α,β-unsaturated/α-hetero) is 1. The molecule has 6 rings (SSSR count). The SMILES string of the molecule is C[C@@H](CC(=O)Cn1cnnn1)[C@H]1C(=O)N2C(C(=O)O)=C(S[C@@H]3CN[C@H](C(=O)N4CCO[C@H]5CCC[C@H]54)C3)[C@H](C)[C@H]12. The number of ketones is 1. The zero-order valence-electron chi connectivity index (χ0n) is 22.6. The minimum absolute atomic E-state index is 0.0173. The molecule has 0 bridgehead atoms. The van der Waals surface area contributed by atoms with Gasteiger partial charge in [-0.05, 0) is 42.0 Å². The Morgan fingerprint density at radius 2 is 2.12 bits per heavy atom. The molecule has 4 aliphatic heterocycles. The van der Waals surface area contributed by atoms with Gasteiger partial charge in [0.2, 0.25) is 11.8 Å². The van der Waals surface area contributed by atoms with Gasteiger partial charge in [0.15, 0.2) is 5.78 Å². The largest absolute Gasteiger partial charge is 0.477 e. The van der Waals surface area contributed by atoms with E-state index in [1.54, 1.807) is 0 Å². The first-order valence-electron chi connectivity index (χ1n) is 14.1. The van der Waals surface area contributed by atoms with E-state index < -0.39 is 11.9 Å². The highest BCUT2D eigenvalue weighted by molar-refractivity contribution is 8.03. The number of carbonyl (C=O) groups excluding carboxylic acids is 3. The molecule has 40 heavy (non-hydrogen) atoms. The van der Waals surface area contributed by atoms with Crippen LogP contribution in [0.2, 0.25) is 0 Å². The first kappa shape index (κ1) is 27.3. The van der Waals surface area contributed by atoms with Gasteiger partial charge < -0.3 is 25.0 Å². The number of morpholine rings is 1. The van der Waals surface area contributed by atoms with E-state index in [4.69, 9.17) is 4.74 Å². The number of carboxylic acids is 1. The summed E-state index contributed by atoms with van der Waals surface area (Å²) >= 11 is 1.48. The Hall–Kier alpha value is -2.84. The summed E-state index contributed by atoms with van der Waals surface area (Å²) in [4.78, 5) is 55.7. The standard InChI is InChI=1S/C26H35N7O6S/c1-13(8-15(34)11-31-12-28-29-30-31)20-21-14(2)23(22(26(37)38)33(21)25(20)36)40-16-9-17(27-10-16)24(35)32-6-7-39-19-5-3-4-18(19)32/h12-14,16-21,27H,3-11H2,1-2H3,(H,37,38)/t13-,14+,16-,17-,18+,19-,20+,21+/m0/s1. The molecule has 1 aromatic heterocycles. The molecule has 0 aromatic carbocycles. The average Bonchev–Trinajstić information content (AvgIpc) is 3.71. The Labute approximate surface area is 236 Å². The fraction of sp³-hybridized carbons (Fsp3) is 0.731. The molecule has 2 amide bonds. The minimum atomic E-state index is -1.12. The van der Waals surface area contributed by atoms with Crippen LogP contribution < -0.4 is 5.32 Å². The maximum absolute atomic E-state index is 13.4. The molecule has 1 saturated carbocycles. The van der Waals surface area contributed by atoms with Crippen LogP contribution >= 0.6 is 11.8 Å². The van der Waals surface area contributed by atoms with E-state index in [9.17, 15) is 24.3 Å². The monoisotopic (exact) mass is 573 g/mol. The van der Waals surface area contributed by atoms with E-state index in [1.165, 1.54) is 27.7 Å². The van der Waals surface area contributed by atoms with Crippen molar-refractivity contribution in [3.05, 3.63) is 16.9 Å².